The van der Waals surface area contributed by atoms with Gasteiger partial charge >= 0.3 is 5.97 Å². The van der Waals surface area contributed by atoms with Gasteiger partial charge in [-0.3, -0.25) is 15.6 Å². The first kappa shape index (κ1) is 17.7. The second-order valence-corrected chi connectivity index (χ2v) is 6.26. The number of rotatable bonds is 6. The molecule has 0 aliphatic carbocycles. The zero-order valence-corrected chi connectivity index (χ0v) is 15.1. The number of carbonyl (C=O) groups excluding carboxylic acids is 2. The summed E-state index contributed by atoms with van der Waals surface area (Å²) in [6.45, 7) is 2.53. The normalized spacial score (nSPS) is 10.4. The smallest absolute Gasteiger partial charge is 0.337 e. The van der Waals surface area contributed by atoms with Crippen LogP contribution in [0.25, 0.3) is 10.2 Å². The maximum Gasteiger partial charge on any atom is 0.337 e. The minimum atomic E-state index is -0.448. The molecule has 1 heterocycles. The van der Waals surface area contributed by atoms with Gasteiger partial charge in [-0.15, -0.1) is 0 Å². The molecule has 8 heteroatoms. The first-order valence-corrected chi connectivity index (χ1v) is 8.70. The second-order valence-electron chi connectivity index (χ2n) is 5.23. The maximum atomic E-state index is 12.2. The van der Waals surface area contributed by atoms with Crippen LogP contribution in [-0.2, 0) is 4.74 Å². The topological polar surface area (TPSA) is 89.5 Å². The Morgan fingerprint density at radius 1 is 1.12 bits per heavy atom. The molecule has 0 bridgehead atoms. The van der Waals surface area contributed by atoms with Crippen LogP contribution in [0.3, 0.4) is 0 Å². The van der Waals surface area contributed by atoms with Gasteiger partial charge in [-0.1, -0.05) is 11.3 Å². The van der Waals surface area contributed by atoms with E-state index in [1.165, 1.54) is 30.6 Å². The van der Waals surface area contributed by atoms with Gasteiger partial charge in [0.05, 0.1) is 29.5 Å². The van der Waals surface area contributed by atoms with Crippen molar-refractivity contribution in [2.75, 3.05) is 19.1 Å². The third kappa shape index (κ3) is 3.92. The third-order valence-electron chi connectivity index (χ3n) is 3.52. The highest BCUT2D eigenvalue weighted by atomic mass is 32.1. The number of carbonyl (C=O) groups is 2. The van der Waals surface area contributed by atoms with Crippen LogP contribution in [-0.4, -0.2) is 30.6 Å². The molecule has 3 aromatic rings. The van der Waals surface area contributed by atoms with E-state index < -0.39 is 5.97 Å². The van der Waals surface area contributed by atoms with Crippen LogP contribution < -0.4 is 15.6 Å². The first-order valence-electron chi connectivity index (χ1n) is 7.89. The van der Waals surface area contributed by atoms with Crippen LogP contribution >= 0.6 is 11.3 Å². The molecule has 3 rings (SSSR count). The quantitative estimate of drug-likeness (QED) is 0.511. The predicted molar refractivity (Wildman–Crippen MR) is 99.7 cm³/mol. The van der Waals surface area contributed by atoms with Crippen LogP contribution in [0, 0.1) is 0 Å². The largest absolute Gasteiger partial charge is 0.494 e. The SMILES string of the molecule is CCOc1ccc2nc(NNC(=O)c3ccc(C(=O)OC)cc3)sc2c1. The minimum Gasteiger partial charge on any atom is -0.494 e. The van der Waals surface area contributed by atoms with Crippen molar-refractivity contribution in [2.45, 2.75) is 6.92 Å². The fourth-order valence-corrected chi connectivity index (χ4v) is 3.12. The van der Waals surface area contributed by atoms with E-state index in [9.17, 15) is 9.59 Å². The molecule has 2 aromatic carbocycles. The summed E-state index contributed by atoms with van der Waals surface area (Å²) in [6, 6.07) is 11.8. The summed E-state index contributed by atoms with van der Waals surface area (Å²) >= 11 is 1.41. The van der Waals surface area contributed by atoms with Gasteiger partial charge in [0.1, 0.15) is 5.75 Å². The molecule has 1 amide bonds. The molecule has 0 saturated carbocycles. The Morgan fingerprint density at radius 2 is 1.85 bits per heavy atom. The number of hydrogen-bond donors (Lipinski definition) is 2. The molecule has 0 aliphatic rings. The lowest BCUT2D eigenvalue weighted by Crippen LogP contribution is -2.29. The molecule has 0 aliphatic heterocycles. The summed E-state index contributed by atoms with van der Waals surface area (Å²) < 4.78 is 11.1. The van der Waals surface area contributed by atoms with E-state index in [1.54, 1.807) is 12.1 Å². The number of benzene rings is 2. The van der Waals surface area contributed by atoms with Crippen LogP contribution in [0.1, 0.15) is 27.6 Å². The summed E-state index contributed by atoms with van der Waals surface area (Å²) in [5.74, 6) is -0.00316. The Bertz CT molecular complexity index is 937. The summed E-state index contributed by atoms with van der Waals surface area (Å²) in [5, 5.41) is 0.563. The molecule has 0 spiro atoms. The average Bonchev–Trinajstić information content (AvgIpc) is 3.08. The highest BCUT2D eigenvalue weighted by molar-refractivity contribution is 7.22. The van der Waals surface area contributed by atoms with Crippen molar-refractivity contribution in [2.24, 2.45) is 0 Å². The van der Waals surface area contributed by atoms with Crippen molar-refractivity contribution in [3.63, 3.8) is 0 Å². The Kier molecular flexibility index (Phi) is 5.33. The predicted octanol–water partition coefficient (Wildman–Crippen LogP) is 3.24. The molecule has 2 N–H and O–H groups in total. The van der Waals surface area contributed by atoms with Crippen molar-refractivity contribution in [1.82, 2.24) is 10.4 Å². The van der Waals surface area contributed by atoms with Gasteiger partial charge < -0.3 is 9.47 Å². The number of esters is 1. The lowest BCUT2D eigenvalue weighted by molar-refractivity contribution is 0.0600. The van der Waals surface area contributed by atoms with E-state index in [4.69, 9.17) is 4.74 Å². The molecule has 134 valence electrons. The van der Waals surface area contributed by atoms with Crippen molar-refractivity contribution < 1.29 is 19.1 Å². The zero-order valence-electron chi connectivity index (χ0n) is 14.2. The highest BCUT2D eigenvalue weighted by Crippen LogP contribution is 2.28. The van der Waals surface area contributed by atoms with Gasteiger partial charge in [0.2, 0.25) is 5.13 Å². The van der Waals surface area contributed by atoms with E-state index in [2.05, 4.69) is 20.6 Å². The summed E-state index contributed by atoms with van der Waals surface area (Å²) in [6.07, 6.45) is 0. The molecule has 0 atom stereocenters. The number of fused-ring (bicyclic) bond motifs is 1. The summed E-state index contributed by atoms with van der Waals surface area (Å²) in [4.78, 5) is 28.0. The molecular weight excluding hydrogens is 354 g/mol. The first-order chi connectivity index (χ1) is 12.6. The standard InChI is InChI=1S/C18H17N3O4S/c1-3-25-13-8-9-14-15(10-13)26-18(19-14)21-20-16(22)11-4-6-12(7-5-11)17(23)24-2/h4-10H,3H2,1-2H3,(H,19,21)(H,20,22). The molecule has 26 heavy (non-hydrogen) atoms. The molecule has 0 unspecified atom stereocenters. The van der Waals surface area contributed by atoms with Gasteiger partial charge in [-0.25, -0.2) is 9.78 Å². The fourth-order valence-electron chi connectivity index (χ4n) is 2.27. The monoisotopic (exact) mass is 371 g/mol. The van der Waals surface area contributed by atoms with Crippen molar-refractivity contribution >= 4 is 38.6 Å². The Balaban J connectivity index is 1.65. The van der Waals surface area contributed by atoms with Gasteiger partial charge in [0.15, 0.2) is 0 Å². The molecule has 7 nitrogen and oxygen atoms in total. The number of hydrogen-bond acceptors (Lipinski definition) is 7. The molecule has 0 saturated heterocycles. The van der Waals surface area contributed by atoms with Gasteiger partial charge in [-0.2, -0.15) is 0 Å². The van der Waals surface area contributed by atoms with Crippen LogP contribution in [0.2, 0.25) is 0 Å². The van der Waals surface area contributed by atoms with Crippen LogP contribution in [0.4, 0.5) is 5.13 Å². The number of anilines is 1. The van der Waals surface area contributed by atoms with E-state index in [-0.39, 0.29) is 5.91 Å². The maximum absolute atomic E-state index is 12.2. The van der Waals surface area contributed by atoms with Gasteiger partial charge in [0.25, 0.3) is 5.91 Å². The number of thiazole rings is 1. The number of hydrazine groups is 1. The lowest BCUT2D eigenvalue weighted by atomic mass is 10.1. The Morgan fingerprint density at radius 3 is 2.54 bits per heavy atom. The number of aromatic nitrogens is 1. The van der Waals surface area contributed by atoms with Crippen molar-refractivity contribution in [1.29, 1.82) is 0 Å². The molecule has 0 radical (unpaired) electrons. The number of ether oxygens (including phenoxy) is 2. The minimum absolute atomic E-state index is 0.337. The number of nitrogens with zero attached hydrogens (tertiary/aromatic N) is 1. The molecular formula is C18H17N3O4S. The number of amides is 1. The van der Waals surface area contributed by atoms with Gasteiger partial charge in [-0.05, 0) is 49.4 Å². The summed E-state index contributed by atoms with van der Waals surface area (Å²) in [5.41, 5.74) is 7.01. The molecule has 1 aromatic heterocycles. The second kappa shape index (κ2) is 7.83. The highest BCUT2D eigenvalue weighted by Gasteiger charge is 2.10. The van der Waals surface area contributed by atoms with Crippen LogP contribution in [0.15, 0.2) is 42.5 Å². The van der Waals surface area contributed by atoms with Crippen molar-refractivity contribution in [3.8, 4) is 5.75 Å². The third-order valence-corrected chi connectivity index (χ3v) is 4.46. The van der Waals surface area contributed by atoms with E-state index >= 15 is 0 Å². The Labute approximate surface area is 153 Å². The zero-order chi connectivity index (χ0) is 18.5. The van der Waals surface area contributed by atoms with E-state index in [0.29, 0.717) is 22.9 Å². The van der Waals surface area contributed by atoms with E-state index in [1.807, 2.05) is 25.1 Å². The van der Waals surface area contributed by atoms with Crippen LogP contribution in [0.5, 0.6) is 5.75 Å². The van der Waals surface area contributed by atoms with Crippen molar-refractivity contribution in [3.05, 3.63) is 53.6 Å². The van der Waals surface area contributed by atoms with E-state index in [0.717, 1.165) is 16.0 Å². The Hall–Kier alpha value is -3.13. The summed E-state index contributed by atoms with van der Waals surface area (Å²) in [7, 11) is 1.31. The number of nitrogens with one attached hydrogen (secondary N) is 2. The lowest BCUT2D eigenvalue weighted by Gasteiger charge is -2.06. The van der Waals surface area contributed by atoms with Gasteiger partial charge in [0, 0.05) is 5.56 Å². The average molecular weight is 371 g/mol. The fraction of sp³-hybridized carbons (Fsp3) is 0.167. The molecule has 0 fully saturated rings. The number of methoxy groups -OCH3 is 1.